The third-order valence-corrected chi connectivity index (χ3v) is 3.21. The van der Waals surface area contributed by atoms with Gasteiger partial charge in [-0.2, -0.15) is 0 Å². The molecule has 0 spiro atoms. The van der Waals surface area contributed by atoms with Crippen molar-refractivity contribution in [2.75, 3.05) is 12.4 Å². The van der Waals surface area contributed by atoms with Gasteiger partial charge in [0.2, 0.25) is 0 Å². The summed E-state index contributed by atoms with van der Waals surface area (Å²) in [6.07, 6.45) is 0. The Hall–Kier alpha value is -2.76. The van der Waals surface area contributed by atoms with Crippen molar-refractivity contribution >= 4 is 17.6 Å². The van der Waals surface area contributed by atoms with Crippen LogP contribution in [0.1, 0.15) is 32.1 Å². The van der Waals surface area contributed by atoms with E-state index in [1.165, 1.54) is 0 Å². The van der Waals surface area contributed by atoms with E-state index in [4.69, 9.17) is 9.84 Å². The van der Waals surface area contributed by atoms with Crippen molar-refractivity contribution in [3.05, 3.63) is 46.8 Å². The van der Waals surface area contributed by atoms with Crippen LogP contribution in [0.5, 0.6) is 5.75 Å². The lowest BCUT2D eigenvalue weighted by atomic mass is 10.1. The number of aryl methyl sites for hydroxylation is 1. The van der Waals surface area contributed by atoms with Gasteiger partial charge in [-0.1, -0.05) is 6.07 Å². The molecule has 0 saturated carbocycles. The molecule has 0 bridgehead atoms. The normalized spacial score (nSPS) is 10.2. The summed E-state index contributed by atoms with van der Waals surface area (Å²) in [7, 11) is 1.54. The van der Waals surface area contributed by atoms with E-state index in [0.717, 1.165) is 0 Å². The summed E-state index contributed by atoms with van der Waals surface area (Å²) in [5.41, 5.74) is 1.89. The Morgan fingerprint density at radius 1 is 1.29 bits per heavy atom. The smallest absolute Gasteiger partial charge is 0.352 e. The molecule has 6 heteroatoms. The lowest BCUT2D eigenvalue weighted by molar-refractivity contribution is 0.0690. The summed E-state index contributed by atoms with van der Waals surface area (Å²) in [6, 6.07) is 6.95. The zero-order valence-corrected chi connectivity index (χ0v) is 12.0. The van der Waals surface area contributed by atoms with Crippen LogP contribution in [0.25, 0.3) is 0 Å². The number of carbonyl (C=O) groups excluding carboxylic acids is 1. The number of benzene rings is 1. The molecule has 0 radical (unpaired) electrons. The highest BCUT2D eigenvalue weighted by Crippen LogP contribution is 2.21. The Bertz CT molecular complexity index is 704. The number of amides is 1. The summed E-state index contributed by atoms with van der Waals surface area (Å²) in [6.45, 7) is 3.27. The van der Waals surface area contributed by atoms with Crippen LogP contribution in [0.3, 0.4) is 0 Å². The number of aromatic nitrogens is 1. The minimum absolute atomic E-state index is 0.0308. The predicted molar refractivity (Wildman–Crippen MR) is 78.2 cm³/mol. The molecule has 21 heavy (non-hydrogen) atoms. The first kappa shape index (κ1) is 14.6. The third-order valence-electron chi connectivity index (χ3n) is 3.21. The van der Waals surface area contributed by atoms with E-state index in [0.29, 0.717) is 28.3 Å². The number of nitrogens with one attached hydrogen (secondary N) is 2. The van der Waals surface area contributed by atoms with Crippen LogP contribution < -0.4 is 10.1 Å². The molecule has 0 aliphatic heterocycles. The van der Waals surface area contributed by atoms with Crippen LogP contribution >= 0.6 is 0 Å². The minimum atomic E-state index is -1.09. The monoisotopic (exact) mass is 288 g/mol. The Labute approximate surface area is 121 Å². The van der Waals surface area contributed by atoms with Gasteiger partial charge in [-0.15, -0.1) is 0 Å². The lowest BCUT2D eigenvalue weighted by Crippen LogP contribution is -2.14. The number of rotatable bonds is 4. The van der Waals surface area contributed by atoms with Gasteiger partial charge in [-0.05, 0) is 31.5 Å². The molecule has 1 amide bonds. The van der Waals surface area contributed by atoms with Gasteiger partial charge in [-0.25, -0.2) is 4.79 Å². The van der Waals surface area contributed by atoms with Gasteiger partial charge in [0.1, 0.15) is 11.4 Å². The molecule has 1 aromatic heterocycles. The maximum absolute atomic E-state index is 12.3. The number of methoxy groups -OCH3 is 1. The molecule has 2 aromatic rings. The second-order valence-corrected chi connectivity index (χ2v) is 4.62. The first-order chi connectivity index (χ1) is 9.93. The van der Waals surface area contributed by atoms with Gasteiger partial charge in [0.15, 0.2) is 0 Å². The average molecular weight is 288 g/mol. The first-order valence-electron chi connectivity index (χ1n) is 6.32. The zero-order valence-electron chi connectivity index (χ0n) is 12.0. The first-order valence-corrected chi connectivity index (χ1v) is 6.32. The highest BCUT2D eigenvalue weighted by molar-refractivity contribution is 6.08. The Morgan fingerprint density at radius 2 is 2.00 bits per heavy atom. The highest BCUT2D eigenvalue weighted by atomic mass is 16.5. The Morgan fingerprint density at radius 3 is 2.57 bits per heavy atom. The number of aromatic amines is 1. The predicted octanol–water partition coefficient (Wildman–Crippen LogP) is 2.59. The second kappa shape index (κ2) is 5.70. The molecule has 0 atom stereocenters. The van der Waals surface area contributed by atoms with E-state index >= 15 is 0 Å². The van der Waals surface area contributed by atoms with Crippen molar-refractivity contribution < 1.29 is 19.4 Å². The summed E-state index contributed by atoms with van der Waals surface area (Å²) in [5.74, 6) is -0.820. The molecule has 0 unspecified atom stereocenters. The molecule has 2 rings (SSSR count). The summed E-state index contributed by atoms with van der Waals surface area (Å²) in [4.78, 5) is 26.1. The van der Waals surface area contributed by atoms with Crippen LogP contribution in [0.2, 0.25) is 0 Å². The van der Waals surface area contributed by atoms with Gasteiger partial charge in [0.05, 0.1) is 12.7 Å². The fourth-order valence-electron chi connectivity index (χ4n) is 2.20. The highest BCUT2D eigenvalue weighted by Gasteiger charge is 2.21. The number of hydrogen-bond acceptors (Lipinski definition) is 3. The molecule has 1 aromatic carbocycles. The van der Waals surface area contributed by atoms with E-state index < -0.39 is 5.97 Å². The second-order valence-electron chi connectivity index (χ2n) is 4.62. The molecule has 0 saturated heterocycles. The maximum atomic E-state index is 12.3. The zero-order chi connectivity index (χ0) is 15.6. The topological polar surface area (TPSA) is 91.4 Å². The van der Waals surface area contributed by atoms with Crippen molar-refractivity contribution in [1.29, 1.82) is 0 Å². The fraction of sp³-hybridized carbons (Fsp3) is 0.200. The lowest BCUT2D eigenvalue weighted by Gasteiger charge is -2.07. The van der Waals surface area contributed by atoms with Crippen LogP contribution in [-0.2, 0) is 0 Å². The van der Waals surface area contributed by atoms with Crippen LogP contribution in [0.15, 0.2) is 24.3 Å². The fourth-order valence-corrected chi connectivity index (χ4v) is 2.20. The molecular formula is C15H16N2O4. The van der Waals surface area contributed by atoms with Crippen LogP contribution in [0, 0.1) is 13.8 Å². The molecule has 0 aliphatic rings. The molecule has 110 valence electrons. The van der Waals surface area contributed by atoms with E-state index in [1.54, 1.807) is 45.2 Å². The van der Waals surface area contributed by atoms with E-state index in [-0.39, 0.29) is 11.6 Å². The summed E-state index contributed by atoms with van der Waals surface area (Å²) < 4.78 is 5.09. The summed E-state index contributed by atoms with van der Waals surface area (Å²) >= 11 is 0. The van der Waals surface area contributed by atoms with Crippen molar-refractivity contribution in [3.63, 3.8) is 0 Å². The van der Waals surface area contributed by atoms with Crippen LogP contribution in [-0.4, -0.2) is 29.1 Å². The van der Waals surface area contributed by atoms with Gasteiger partial charge in [-0.3, -0.25) is 4.79 Å². The van der Waals surface area contributed by atoms with Gasteiger partial charge >= 0.3 is 5.97 Å². The number of H-pyrrole nitrogens is 1. The summed E-state index contributed by atoms with van der Waals surface area (Å²) in [5, 5.41) is 11.8. The largest absolute Gasteiger partial charge is 0.497 e. The van der Waals surface area contributed by atoms with Crippen molar-refractivity contribution in [1.82, 2.24) is 4.98 Å². The number of ether oxygens (including phenoxy) is 1. The third kappa shape index (κ3) is 2.89. The molecule has 1 heterocycles. The quantitative estimate of drug-likeness (QED) is 0.806. The number of carboxylic acids is 1. The van der Waals surface area contributed by atoms with E-state index in [1.807, 2.05) is 0 Å². The van der Waals surface area contributed by atoms with Crippen molar-refractivity contribution in [2.24, 2.45) is 0 Å². The SMILES string of the molecule is COc1cccc(NC(=O)c2c(C)[nH]c(C(=O)O)c2C)c1. The van der Waals surface area contributed by atoms with Gasteiger partial charge in [0, 0.05) is 17.4 Å². The van der Waals surface area contributed by atoms with Gasteiger partial charge < -0.3 is 20.1 Å². The van der Waals surface area contributed by atoms with Crippen LogP contribution in [0.4, 0.5) is 5.69 Å². The number of aromatic carboxylic acids is 1. The van der Waals surface area contributed by atoms with Crippen molar-refractivity contribution in [2.45, 2.75) is 13.8 Å². The molecule has 0 aliphatic carbocycles. The Balaban J connectivity index is 2.30. The molecule has 6 nitrogen and oxygen atoms in total. The molecular weight excluding hydrogens is 272 g/mol. The van der Waals surface area contributed by atoms with Gasteiger partial charge in [0.25, 0.3) is 5.91 Å². The number of anilines is 1. The Kier molecular flexibility index (Phi) is 3.98. The number of hydrogen-bond donors (Lipinski definition) is 3. The van der Waals surface area contributed by atoms with E-state index in [9.17, 15) is 9.59 Å². The minimum Gasteiger partial charge on any atom is -0.497 e. The number of carboxylic acid groups (broad SMARTS) is 1. The maximum Gasteiger partial charge on any atom is 0.352 e. The number of carbonyl (C=O) groups is 2. The molecule has 3 N–H and O–H groups in total. The average Bonchev–Trinajstić information content (AvgIpc) is 2.74. The molecule has 0 fully saturated rings. The van der Waals surface area contributed by atoms with E-state index in [2.05, 4.69) is 10.3 Å². The standard InChI is InChI=1S/C15H16N2O4/c1-8-12(9(2)16-13(8)15(19)20)14(18)17-10-5-4-6-11(7-10)21-3/h4-7,16H,1-3H3,(H,17,18)(H,19,20). The van der Waals surface area contributed by atoms with Crippen molar-refractivity contribution in [3.8, 4) is 5.75 Å².